The van der Waals surface area contributed by atoms with Crippen molar-refractivity contribution in [2.24, 2.45) is 5.92 Å². The summed E-state index contributed by atoms with van der Waals surface area (Å²) in [4.78, 5) is 0. The second-order valence-corrected chi connectivity index (χ2v) is 11.1. The first-order chi connectivity index (χ1) is 17.7. The first-order valence-corrected chi connectivity index (χ1v) is 14.4. The summed E-state index contributed by atoms with van der Waals surface area (Å²) >= 11 is 6.38. The second kappa shape index (κ2) is 13.7. The van der Waals surface area contributed by atoms with E-state index >= 15 is 0 Å². The minimum atomic E-state index is 0.590. The van der Waals surface area contributed by atoms with Crippen molar-refractivity contribution in [2.45, 2.75) is 89.9 Å². The molecule has 0 saturated heterocycles. The summed E-state index contributed by atoms with van der Waals surface area (Å²) in [6.45, 7) is 2.30. The zero-order valence-electron chi connectivity index (χ0n) is 21.8. The minimum absolute atomic E-state index is 0.590. The van der Waals surface area contributed by atoms with Gasteiger partial charge in [0, 0.05) is 10.6 Å². The lowest BCUT2D eigenvalue weighted by molar-refractivity contribution is 0.302. The number of rotatable bonds is 11. The summed E-state index contributed by atoms with van der Waals surface area (Å²) in [5.74, 6) is 1.73. The van der Waals surface area contributed by atoms with Crippen LogP contribution in [0.15, 0.2) is 66.7 Å². The van der Waals surface area contributed by atoms with E-state index in [0.29, 0.717) is 10.6 Å². The number of nitrogens with zero attached hydrogens (tertiary/aromatic N) is 1. The van der Waals surface area contributed by atoms with E-state index in [9.17, 15) is 0 Å². The number of unbranched alkanes of at least 4 members (excludes halogenated alkanes) is 4. The van der Waals surface area contributed by atoms with Crippen molar-refractivity contribution in [1.82, 2.24) is 0 Å². The SMILES string of the molecule is CCCCCCC[C@H]1CC[C@H](c2ccc(CCc3ccc(-c4ccc(C#N)cc4Cl)cc3)cc2)CC1. The monoisotopic (exact) mass is 497 g/mol. The number of halogens is 1. The van der Waals surface area contributed by atoms with Crippen LogP contribution < -0.4 is 0 Å². The summed E-state index contributed by atoms with van der Waals surface area (Å²) < 4.78 is 0. The molecule has 2 heteroatoms. The molecule has 0 unspecified atom stereocenters. The molecular weight excluding hydrogens is 458 g/mol. The topological polar surface area (TPSA) is 23.8 Å². The summed E-state index contributed by atoms with van der Waals surface area (Å²) in [5, 5.41) is 9.66. The molecule has 36 heavy (non-hydrogen) atoms. The predicted molar refractivity (Wildman–Crippen MR) is 154 cm³/mol. The predicted octanol–water partition coefficient (Wildman–Crippen LogP) is 10.3. The molecule has 0 aliphatic heterocycles. The Labute approximate surface area is 223 Å². The van der Waals surface area contributed by atoms with Gasteiger partial charge in [-0.1, -0.05) is 112 Å². The van der Waals surface area contributed by atoms with Gasteiger partial charge in [0.05, 0.1) is 11.6 Å². The van der Waals surface area contributed by atoms with Gasteiger partial charge in [0.1, 0.15) is 0 Å². The molecule has 0 heterocycles. The van der Waals surface area contributed by atoms with E-state index in [1.807, 2.05) is 12.1 Å². The highest BCUT2D eigenvalue weighted by atomic mass is 35.5. The molecule has 0 bridgehead atoms. The van der Waals surface area contributed by atoms with Crippen molar-refractivity contribution < 1.29 is 0 Å². The molecule has 1 aliphatic carbocycles. The van der Waals surface area contributed by atoms with Gasteiger partial charge in [-0.15, -0.1) is 0 Å². The van der Waals surface area contributed by atoms with Crippen LogP contribution in [0.5, 0.6) is 0 Å². The summed E-state index contributed by atoms with van der Waals surface area (Å²) in [6.07, 6.45) is 16.2. The van der Waals surface area contributed by atoms with Crippen LogP contribution in [0.3, 0.4) is 0 Å². The maximum Gasteiger partial charge on any atom is 0.0992 e. The smallest absolute Gasteiger partial charge is 0.0992 e. The molecule has 3 aromatic rings. The van der Waals surface area contributed by atoms with Gasteiger partial charge in [-0.2, -0.15) is 5.26 Å². The van der Waals surface area contributed by atoms with Crippen molar-refractivity contribution in [3.63, 3.8) is 0 Å². The third-order valence-corrected chi connectivity index (χ3v) is 8.39. The molecule has 0 aromatic heterocycles. The van der Waals surface area contributed by atoms with Gasteiger partial charge in [-0.3, -0.25) is 0 Å². The van der Waals surface area contributed by atoms with Gasteiger partial charge < -0.3 is 0 Å². The number of hydrogen-bond acceptors (Lipinski definition) is 1. The summed E-state index contributed by atoms with van der Waals surface area (Å²) in [6, 6.07) is 25.7. The van der Waals surface area contributed by atoms with Crippen molar-refractivity contribution in [3.05, 3.63) is 94.0 Å². The summed E-state index contributed by atoms with van der Waals surface area (Å²) in [5.41, 5.74) is 6.94. The number of benzene rings is 3. The van der Waals surface area contributed by atoms with E-state index in [1.165, 1.54) is 75.3 Å². The Bertz CT molecular complexity index is 1120. The molecule has 4 rings (SSSR count). The van der Waals surface area contributed by atoms with E-state index in [0.717, 1.165) is 35.8 Å². The second-order valence-electron chi connectivity index (χ2n) is 10.7. The molecule has 1 saturated carbocycles. The Hall–Kier alpha value is -2.56. The van der Waals surface area contributed by atoms with Gasteiger partial charge in [-0.05, 0) is 84.7 Å². The zero-order valence-corrected chi connectivity index (χ0v) is 22.6. The fourth-order valence-electron chi connectivity index (χ4n) is 5.74. The lowest BCUT2D eigenvalue weighted by Crippen LogP contribution is -2.13. The molecule has 1 fully saturated rings. The minimum Gasteiger partial charge on any atom is -0.192 e. The van der Waals surface area contributed by atoms with Crippen LogP contribution in [0.1, 0.15) is 99.3 Å². The number of hydrogen-bond donors (Lipinski definition) is 0. The number of nitriles is 1. The van der Waals surface area contributed by atoms with Gasteiger partial charge in [0.15, 0.2) is 0 Å². The van der Waals surface area contributed by atoms with Gasteiger partial charge in [-0.25, -0.2) is 0 Å². The molecule has 0 radical (unpaired) electrons. The van der Waals surface area contributed by atoms with E-state index in [-0.39, 0.29) is 0 Å². The fourth-order valence-corrected chi connectivity index (χ4v) is 6.03. The lowest BCUT2D eigenvalue weighted by atomic mass is 9.77. The van der Waals surface area contributed by atoms with Crippen molar-refractivity contribution in [1.29, 1.82) is 5.26 Å². The van der Waals surface area contributed by atoms with Crippen LogP contribution in [-0.2, 0) is 12.8 Å². The third kappa shape index (κ3) is 7.47. The Morgan fingerprint density at radius 2 is 1.42 bits per heavy atom. The normalized spacial score (nSPS) is 17.6. The lowest BCUT2D eigenvalue weighted by Gasteiger charge is -2.29. The standard InChI is InChI=1S/C34H40ClN/c1-2-3-4-5-6-7-26-10-17-30(18-11-26)31-19-12-27(13-20-31)8-9-28-14-21-32(22-15-28)33-23-16-29(25-36)24-34(33)35/h12-16,19-24,26,30H,2-11,17-18H2,1H3/t26-,30-. The molecular formula is C34H40ClN. The van der Waals surface area contributed by atoms with E-state index in [2.05, 4.69) is 61.5 Å². The van der Waals surface area contributed by atoms with Crippen LogP contribution in [-0.4, -0.2) is 0 Å². The average molecular weight is 498 g/mol. The fraction of sp³-hybridized carbons (Fsp3) is 0.441. The van der Waals surface area contributed by atoms with E-state index in [4.69, 9.17) is 16.9 Å². The van der Waals surface area contributed by atoms with E-state index < -0.39 is 0 Å². The highest BCUT2D eigenvalue weighted by Gasteiger charge is 2.22. The molecule has 0 amide bonds. The highest BCUT2D eigenvalue weighted by molar-refractivity contribution is 6.33. The molecule has 3 aromatic carbocycles. The Kier molecular flexibility index (Phi) is 10.1. The van der Waals surface area contributed by atoms with Crippen LogP contribution >= 0.6 is 11.6 Å². The maximum atomic E-state index is 9.04. The largest absolute Gasteiger partial charge is 0.192 e. The first-order valence-electron chi connectivity index (χ1n) is 14.0. The summed E-state index contributed by atoms with van der Waals surface area (Å²) in [7, 11) is 0. The Morgan fingerprint density at radius 3 is 2.03 bits per heavy atom. The molecule has 1 nitrogen and oxygen atoms in total. The van der Waals surface area contributed by atoms with Gasteiger partial charge >= 0.3 is 0 Å². The average Bonchev–Trinajstić information content (AvgIpc) is 2.93. The number of aryl methyl sites for hydroxylation is 2. The van der Waals surface area contributed by atoms with Crippen molar-refractivity contribution in [3.8, 4) is 17.2 Å². The van der Waals surface area contributed by atoms with Crippen LogP contribution in [0.2, 0.25) is 5.02 Å². The zero-order chi connectivity index (χ0) is 25.2. The van der Waals surface area contributed by atoms with Gasteiger partial charge in [0.25, 0.3) is 0 Å². The maximum absolute atomic E-state index is 9.04. The van der Waals surface area contributed by atoms with Gasteiger partial charge in [0.2, 0.25) is 0 Å². The van der Waals surface area contributed by atoms with Crippen LogP contribution in [0.4, 0.5) is 0 Å². The molecule has 1 aliphatic rings. The van der Waals surface area contributed by atoms with Crippen molar-refractivity contribution in [2.75, 3.05) is 0 Å². The Morgan fingerprint density at radius 1 is 0.778 bits per heavy atom. The quantitative estimate of drug-likeness (QED) is 0.241. The van der Waals surface area contributed by atoms with Crippen LogP contribution in [0.25, 0.3) is 11.1 Å². The molecule has 0 spiro atoms. The highest BCUT2D eigenvalue weighted by Crippen LogP contribution is 2.38. The van der Waals surface area contributed by atoms with E-state index in [1.54, 1.807) is 11.6 Å². The molecule has 0 N–H and O–H groups in total. The third-order valence-electron chi connectivity index (χ3n) is 8.08. The Balaban J connectivity index is 1.23. The van der Waals surface area contributed by atoms with Crippen molar-refractivity contribution >= 4 is 11.6 Å². The first kappa shape index (κ1) is 26.5. The molecule has 0 atom stereocenters. The molecule has 188 valence electrons. The van der Waals surface area contributed by atoms with Crippen LogP contribution in [0, 0.1) is 17.2 Å².